The lowest BCUT2D eigenvalue weighted by Crippen LogP contribution is -2.09. The Morgan fingerprint density at radius 2 is 1.92 bits per heavy atom. The van der Waals surface area contributed by atoms with Crippen molar-refractivity contribution in [2.24, 2.45) is 0 Å². The number of rotatable bonds is 3. The molecule has 0 aliphatic rings. The van der Waals surface area contributed by atoms with Crippen LogP contribution < -0.4 is 4.74 Å². The van der Waals surface area contributed by atoms with Gasteiger partial charge in [0.2, 0.25) is 0 Å². The normalized spacial score (nSPS) is 12.6. The summed E-state index contributed by atoms with van der Waals surface area (Å²) in [5, 5.41) is 0. The SMILES string of the molecule is [CH2]C(CC)Oc1ccc(C)cc1. The zero-order valence-corrected chi connectivity index (χ0v) is 7.71. The fourth-order valence-corrected chi connectivity index (χ4v) is 0.893. The second-order valence-corrected chi connectivity index (χ2v) is 2.96. The summed E-state index contributed by atoms with van der Waals surface area (Å²) in [6.07, 6.45) is 1.00. The van der Waals surface area contributed by atoms with Crippen molar-refractivity contribution in [2.45, 2.75) is 26.4 Å². The quantitative estimate of drug-likeness (QED) is 0.665. The van der Waals surface area contributed by atoms with Crippen LogP contribution >= 0.6 is 0 Å². The van der Waals surface area contributed by atoms with Gasteiger partial charge in [-0.1, -0.05) is 24.6 Å². The molecule has 0 saturated heterocycles. The lowest BCUT2D eigenvalue weighted by atomic mass is 10.2. The Labute approximate surface area is 74.4 Å². The summed E-state index contributed by atoms with van der Waals surface area (Å²) >= 11 is 0. The van der Waals surface area contributed by atoms with Gasteiger partial charge in [0.1, 0.15) is 5.75 Å². The largest absolute Gasteiger partial charge is 0.490 e. The molecule has 0 aliphatic heterocycles. The first-order chi connectivity index (χ1) is 5.72. The highest BCUT2D eigenvalue weighted by Gasteiger charge is 1.99. The number of hydrogen-bond donors (Lipinski definition) is 0. The van der Waals surface area contributed by atoms with Gasteiger partial charge in [-0.25, -0.2) is 0 Å². The van der Waals surface area contributed by atoms with Gasteiger partial charge in [0.15, 0.2) is 0 Å². The van der Waals surface area contributed by atoms with Crippen LogP contribution in [0.5, 0.6) is 5.75 Å². The number of benzene rings is 1. The van der Waals surface area contributed by atoms with Crippen molar-refractivity contribution in [3.63, 3.8) is 0 Å². The van der Waals surface area contributed by atoms with Gasteiger partial charge in [0.05, 0.1) is 6.10 Å². The molecule has 0 amide bonds. The van der Waals surface area contributed by atoms with Crippen LogP contribution in [0.25, 0.3) is 0 Å². The number of ether oxygens (including phenoxy) is 1. The number of aryl methyl sites for hydroxylation is 1. The molecular weight excluding hydrogens is 148 g/mol. The third-order valence-electron chi connectivity index (χ3n) is 1.78. The Kier molecular flexibility index (Phi) is 3.15. The van der Waals surface area contributed by atoms with Crippen molar-refractivity contribution in [2.75, 3.05) is 0 Å². The Morgan fingerprint density at radius 3 is 2.42 bits per heavy atom. The highest BCUT2D eigenvalue weighted by Crippen LogP contribution is 2.13. The molecule has 1 radical (unpaired) electrons. The fourth-order valence-electron chi connectivity index (χ4n) is 0.893. The van der Waals surface area contributed by atoms with E-state index >= 15 is 0 Å². The van der Waals surface area contributed by atoms with Crippen LogP contribution in [0.1, 0.15) is 18.9 Å². The average molecular weight is 163 g/mol. The Morgan fingerprint density at radius 1 is 1.33 bits per heavy atom. The van der Waals surface area contributed by atoms with E-state index in [9.17, 15) is 0 Å². The molecule has 1 aromatic rings. The van der Waals surface area contributed by atoms with Gasteiger partial charge in [-0.2, -0.15) is 0 Å². The molecule has 0 spiro atoms. The topological polar surface area (TPSA) is 9.23 Å². The summed E-state index contributed by atoms with van der Waals surface area (Å²) in [6.45, 7) is 7.97. The van der Waals surface area contributed by atoms with Crippen molar-refractivity contribution in [3.8, 4) is 5.75 Å². The molecule has 1 heteroatoms. The first-order valence-electron chi connectivity index (χ1n) is 4.28. The first-order valence-corrected chi connectivity index (χ1v) is 4.28. The molecule has 1 aromatic carbocycles. The monoisotopic (exact) mass is 163 g/mol. The molecule has 0 heterocycles. The van der Waals surface area contributed by atoms with Gasteiger partial charge >= 0.3 is 0 Å². The summed E-state index contributed by atoms with van der Waals surface area (Å²) in [4.78, 5) is 0. The van der Waals surface area contributed by atoms with Gasteiger partial charge < -0.3 is 4.74 Å². The molecule has 12 heavy (non-hydrogen) atoms. The van der Waals surface area contributed by atoms with Gasteiger partial charge in [0.25, 0.3) is 0 Å². The van der Waals surface area contributed by atoms with Crippen LogP contribution in [0.3, 0.4) is 0 Å². The lowest BCUT2D eigenvalue weighted by Gasteiger charge is -2.11. The Balaban J connectivity index is 2.58. The molecule has 0 aromatic heterocycles. The maximum atomic E-state index is 5.51. The maximum absolute atomic E-state index is 5.51. The molecule has 1 rings (SSSR count). The van der Waals surface area contributed by atoms with Crippen LogP contribution in [-0.4, -0.2) is 6.10 Å². The van der Waals surface area contributed by atoms with E-state index in [-0.39, 0.29) is 6.10 Å². The molecule has 1 nitrogen and oxygen atoms in total. The third kappa shape index (κ3) is 2.57. The van der Waals surface area contributed by atoms with Crippen LogP contribution in [-0.2, 0) is 0 Å². The highest BCUT2D eigenvalue weighted by molar-refractivity contribution is 5.26. The summed E-state index contributed by atoms with van der Waals surface area (Å²) in [5.41, 5.74) is 1.25. The second kappa shape index (κ2) is 4.15. The van der Waals surface area contributed by atoms with Crippen LogP contribution in [0, 0.1) is 13.8 Å². The number of hydrogen-bond acceptors (Lipinski definition) is 1. The molecular formula is C11H15O. The molecule has 1 unspecified atom stereocenters. The molecule has 0 saturated carbocycles. The fraction of sp³-hybridized carbons (Fsp3) is 0.364. The van der Waals surface area contributed by atoms with Crippen molar-refractivity contribution in [1.29, 1.82) is 0 Å². The second-order valence-electron chi connectivity index (χ2n) is 2.96. The van der Waals surface area contributed by atoms with Crippen LogP contribution in [0.15, 0.2) is 24.3 Å². The Hall–Kier alpha value is -0.980. The minimum Gasteiger partial charge on any atom is -0.490 e. The van der Waals surface area contributed by atoms with Crippen molar-refractivity contribution < 1.29 is 4.74 Å². The van der Waals surface area contributed by atoms with Crippen molar-refractivity contribution in [3.05, 3.63) is 36.8 Å². The van der Waals surface area contributed by atoms with E-state index in [0.717, 1.165) is 12.2 Å². The van der Waals surface area contributed by atoms with Crippen LogP contribution in [0.2, 0.25) is 0 Å². The smallest absolute Gasteiger partial charge is 0.119 e. The van der Waals surface area contributed by atoms with E-state index < -0.39 is 0 Å². The predicted octanol–water partition coefficient (Wildman–Crippen LogP) is 2.99. The van der Waals surface area contributed by atoms with Crippen molar-refractivity contribution >= 4 is 0 Å². The minimum atomic E-state index is 0.0627. The van der Waals surface area contributed by atoms with Crippen LogP contribution in [0.4, 0.5) is 0 Å². The van der Waals surface area contributed by atoms with Crippen molar-refractivity contribution in [1.82, 2.24) is 0 Å². The average Bonchev–Trinajstić information content (AvgIpc) is 2.09. The predicted molar refractivity (Wildman–Crippen MR) is 51.2 cm³/mol. The first kappa shape index (κ1) is 9.11. The van der Waals surface area contributed by atoms with E-state index in [0.29, 0.717) is 0 Å². The minimum absolute atomic E-state index is 0.0627. The summed E-state index contributed by atoms with van der Waals surface area (Å²) in [5.74, 6) is 0.905. The highest BCUT2D eigenvalue weighted by atomic mass is 16.5. The van der Waals surface area contributed by atoms with E-state index in [4.69, 9.17) is 4.74 Å². The van der Waals surface area contributed by atoms with E-state index in [2.05, 4.69) is 20.8 Å². The maximum Gasteiger partial charge on any atom is 0.119 e. The summed E-state index contributed by atoms with van der Waals surface area (Å²) in [6, 6.07) is 8.03. The molecule has 0 bridgehead atoms. The van der Waals surface area contributed by atoms with Gasteiger partial charge in [-0.3, -0.25) is 0 Å². The molecule has 0 aliphatic carbocycles. The van der Waals surface area contributed by atoms with Gasteiger partial charge in [-0.15, -0.1) is 0 Å². The molecule has 1 atom stereocenters. The lowest BCUT2D eigenvalue weighted by molar-refractivity contribution is 0.242. The zero-order valence-electron chi connectivity index (χ0n) is 7.71. The standard InChI is InChI=1S/C11H15O/c1-4-10(3)12-11-7-5-9(2)6-8-11/h5-8,10H,3-4H2,1-2H3. The third-order valence-corrected chi connectivity index (χ3v) is 1.78. The van der Waals surface area contributed by atoms with Gasteiger partial charge in [0, 0.05) is 0 Å². The molecule has 65 valence electrons. The van der Waals surface area contributed by atoms with E-state index in [1.165, 1.54) is 5.56 Å². The van der Waals surface area contributed by atoms with E-state index in [1.807, 2.05) is 24.3 Å². The van der Waals surface area contributed by atoms with E-state index in [1.54, 1.807) is 0 Å². The molecule has 0 fully saturated rings. The summed E-state index contributed by atoms with van der Waals surface area (Å²) in [7, 11) is 0. The van der Waals surface area contributed by atoms with Gasteiger partial charge in [-0.05, 0) is 32.4 Å². The Bertz CT molecular complexity index is 225. The summed E-state index contributed by atoms with van der Waals surface area (Å²) < 4.78 is 5.51. The zero-order chi connectivity index (χ0) is 8.97. The molecule has 0 N–H and O–H groups in total.